The largest absolute Gasteiger partial charge is 0.489 e. The van der Waals surface area contributed by atoms with Crippen LogP contribution in [0.3, 0.4) is 0 Å². The Balaban J connectivity index is 1.54. The van der Waals surface area contributed by atoms with E-state index in [1.807, 2.05) is 48.3 Å². The molecule has 0 N–H and O–H groups in total. The van der Waals surface area contributed by atoms with Crippen molar-refractivity contribution < 1.29 is 4.74 Å². The number of hydrogen-bond acceptors (Lipinski definition) is 3. The van der Waals surface area contributed by atoms with Gasteiger partial charge in [-0.2, -0.15) is 0 Å². The van der Waals surface area contributed by atoms with E-state index in [-0.39, 0.29) is 0 Å². The minimum absolute atomic E-state index is 0.498. The molecular formula is C18H20ClNOS. The molecule has 116 valence electrons. The molecule has 0 bridgehead atoms. The SMILES string of the molecule is Clc1ccccc1COc1ccc(SN2CCCCC2)cc1. The highest BCUT2D eigenvalue weighted by Gasteiger charge is 2.11. The van der Waals surface area contributed by atoms with Gasteiger partial charge in [0.2, 0.25) is 0 Å². The average molecular weight is 334 g/mol. The summed E-state index contributed by atoms with van der Waals surface area (Å²) in [5.41, 5.74) is 1.01. The molecule has 1 aliphatic heterocycles. The Bertz CT molecular complexity index is 596. The van der Waals surface area contributed by atoms with Crippen molar-refractivity contribution in [3.63, 3.8) is 0 Å². The standard InChI is InChI=1S/C18H20ClNOS/c19-18-7-3-2-6-15(18)14-21-16-8-10-17(11-9-16)22-20-12-4-1-5-13-20/h2-3,6-11H,1,4-5,12-14H2. The highest BCUT2D eigenvalue weighted by Crippen LogP contribution is 2.28. The molecule has 0 saturated carbocycles. The fourth-order valence-corrected chi connectivity index (χ4v) is 3.67. The molecule has 1 heterocycles. The second-order valence-corrected chi connectivity index (χ2v) is 7.01. The molecule has 0 radical (unpaired) electrons. The molecule has 1 saturated heterocycles. The minimum atomic E-state index is 0.498. The van der Waals surface area contributed by atoms with E-state index in [0.717, 1.165) is 16.3 Å². The van der Waals surface area contributed by atoms with E-state index in [2.05, 4.69) is 16.4 Å². The maximum Gasteiger partial charge on any atom is 0.119 e. The van der Waals surface area contributed by atoms with Gasteiger partial charge >= 0.3 is 0 Å². The van der Waals surface area contributed by atoms with E-state index < -0.39 is 0 Å². The summed E-state index contributed by atoms with van der Waals surface area (Å²) in [7, 11) is 0. The lowest BCUT2D eigenvalue weighted by atomic mass is 10.2. The van der Waals surface area contributed by atoms with E-state index >= 15 is 0 Å². The van der Waals surface area contributed by atoms with Gasteiger partial charge in [-0.15, -0.1) is 0 Å². The van der Waals surface area contributed by atoms with Crippen molar-refractivity contribution in [1.29, 1.82) is 0 Å². The van der Waals surface area contributed by atoms with Crippen molar-refractivity contribution in [2.24, 2.45) is 0 Å². The van der Waals surface area contributed by atoms with Crippen molar-refractivity contribution in [2.45, 2.75) is 30.8 Å². The van der Waals surface area contributed by atoms with Crippen LogP contribution in [0.5, 0.6) is 5.75 Å². The van der Waals surface area contributed by atoms with Crippen molar-refractivity contribution in [1.82, 2.24) is 4.31 Å². The normalized spacial score (nSPS) is 15.7. The number of halogens is 1. The zero-order chi connectivity index (χ0) is 15.2. The summed E-state index contributed by atoms with van der Waals surface area (Å²) in [6.07, 6.45) is 3.99. The number of benzene rings is 2. The molecule has 0 aromatic heterocycles. The number of ether oxygens (including phenoxy) is 1. The Hall–Kier alpha value is -1.16. The first-order valence-corrected chi connectivity index (χ1v) is 8.85. The fraction of sp³-hybridized carbons (Fsp3) is 0.333. The Morgan fingerprint density at radius 3 is 2.41 bits per heavy atom. The molecule has 3 rings (SSSR count). The zero-order valence-corrected chi connectivity index (χ0v) is 14.1. The minimum Gasteiger partial charge on any atom is -0.489 e. The predicted molar refractivity (Wildman–Crippen MR) is 93.5 cm³/mol. The smallest absolute Gasteiger partial charge is 0.119 e. The molecule has 0 amide bonds. The van der Waals surface area contributed by atoms with Crippen LogP contribution in [0.4, 0.5) is 0 Å². The molecular weight excluding hydrogens is 314 g/mol. The zero-order valence-electron chi connectivity index (χ0n) is 12.5. The van der Waals surface area contributed by atoms with Crippen LogP contribution in [0.2, 0.25) is 5.02 Å². The van der Waals surface area contributed by atoms with E-state index in [4.69, 9.17) is 16.3 Å². The number of piperidine rings is 1. The highest BCUT2D eigenvalue weighted by atomic mass is 35.5. The Labute approximate surface area is 141 Å². The maximum absolute atomic E-state index is 6.14. The summed E-state index contributed by atoms with van der Waals surface area (Å²) >= 11 is 7.98. The number of hydrogen-bond donors (Lipinski definition) is 0. The maximum atomic E-state index is 6.14. The van der Waals surface area contributed by atoms with Crippen LogP contribution in [0.15, 0.2) is 53.4 Å². The second-order valence-electron chi connectivity index (χ2n) is 5.43. The van der Waals surface area contributed by atoms with E-state index in [9.17, 15) is 0 Å². The van der Waals surface area contributed by atoms with E-state index in [1.165, 1.54) is 37.2 Å². The third-order valence-corrected chi connectivity index (χ3v) is 5.20. The fourth-order valence-electron chi connectivity index (χ4n) is 2.48. The summed E-state index contributed by atoms with van der Waals surface area (Å²) < 4.78 is 8.26. The summed E-state index contributed by atoms with van der Waals surface area (Å²) in [5, 5.41) is 0.750. The summed E-state index contributed by atoms with van der Waals surface area (Å²) in [6.45, 7) is 2.88. The lowest BCUT2D eigenvalue weighted by molar-refractivity contribution is 0.306. The molecule has 22 heavy (non-hydrogen) atoms. The topological polar surface area (TPSA) is 12.5 Å². The van der Waals surface area contributed by atoms with Crippen LogP contribution >= 0.6 is 23.5 Å². The van der Waals surface area contributed by atoms with Gasteiger partial charge in [0.25, 0.3) is 0 Å². The van der Waals surface area contributed by atoms with Crippen LogP contribution in [0.1, 0.15) is 24.8 Å². The van der Waals surface area contributed by atoms with Crippen molar-refractivity contribution in [3.8, 4) is 5.75 Å². The first kappa shape index (κ1) is 15.7. The first-order valence-electron chi connectivity index (χ1n) is 7.70. The summed E-state index contributed by atoms with van der Waals surface area (Å²) in [4.78, 5) is 1.27. The predicted octanol–water partition coefficient (Wildman–Crippen LogP) is 5.41. The van der Waals surface area contributed by atoms with E-state index in [0.29, 0.717) is 6.61 Å². The van der Waals surface area contributed by atoms with Gasteiger partial charge in [0.1, 0.15) is 12.4 Å². The van der Waals surface area contributed by atoms with Gasteiger partial charge < -0.3 is 4.74 Å². The molecule has 2 aromatic rings. The molecule has 2 nitrogen and oxygen atoms in total. The van der Waals surface area contributed by atoms with Gasteiger partial charge in [-0.25, -0.2) is 4.31 Å². The van der Waals surface area contributed by atoms with Gasteiger partial charge in [-0.05, 0) is 55.1 Å². The second kappa shape index (κ2) is 7.91. The van der Waals surface area contributed by atoms with Gasteiger partial charge in [-0.3, -0.25) is 0 Å². The Morgan fingerprint density at radius 1 is 0.955 bits per heavy atom. The van der Waals surface area contributed by atoms with Crippen molar-refractivity contribution >= 4 is 23.5 Å². The quantitative estimate of drug-likeness (QED) is 0.678. The monoisotopic (exact) mass is 333 g/mol. The summed E-state index contributed by atoms with van der Waals surface area (Å²) in [5.74, 6) is 0.878. The van der Waals surface area contributed by atoms with Gasteiger partial charge in [0.15, 0.2) is 0 Å². The van der Waals surface area contributed by atoms with Crippen LogP contribution in [0.25, 0.3) is 0 Å². The third-order valence-electron chi connectivity index (χ3n) is 3.73. The van der Waals surface area contributed by atoms with Crippen molar-refractivity contribution in [2.75, 3.05) is 13.1 Å². The lowest BCUT2D eigenvalue weighted by Gasteiger charge is -2.25. The lowest BCUT2D eigenvalue weighted by Crippen LogP contribution is -2.22. The van der Waals surface area contributed by atoms with Crippen LogP contribution < -0.4 is 4.74 Å². The number of nitrogens with zero attached hydrogens (tertiary/aromatic N) is 1. The molecule has 0 aliphatic carbocycles. The Morgan fingerprint density at radius 2 is 1.68 bits per heavy atom. The van der Waals surface area contributed by atoms with E-state index in [1.54, 1.807) is 0 Å². The highest BCUT2D eigenvalue weighted by molar-refractivity contribution is 7.97. The van der Waals surface area contributed by atoms with Crippen LogP contribution in [0, 0.1) is 0 Å². The van der Waals surface area contributed by atoms with Gasteiger partial charge in [-0.1, -0.05) is 36.2 Å². The molecule has 4 heteroatoms. The molecule has 0 atom stereocenters. The average Bonchev–Trinajstić information content (AvgIpc) is 2.56. The molecule has 1 fully saturated rings. The number of rotatable bonds is 5. The van der Waals surface area contributed by atoms with Crippen LogP contribution in [-0.2, 0) is 6.61 Å². The van der Waals surface area contributed by atoms with Gasteiger partial charge in [0.05, 0.1) is 0 Å². The third kappa shape index (κ3) is 4.42. The first-order chi connectivity index (χ1) is 10.8. The van der Waals surface area contributed by atoms with Crippen molar-refractivity contribution in [3.05, 3.63) is 59.1 Å². The Kier molecular flexibility index (Phi) is 5.65. The molecule has 1 aliphatic rings. The molecule has 0 unspecified atom stereocenters. The molecule has 2 aromatic carbocycles. The van der Waals surface area contributed by atoms with Crippen LogP contribution in [-0.4, -0.2) is 17.4 Å². The molecule has 0 spiro atoms. The van der Waals surface area contributed by atoms with Gasteiger partial charge in [0, 0.05) is 28.6 Å². The summed E-state index contributed by atoms with van der Waals surface area (Å²) in [6, 6.07) is 16.1.